The van der Waals surface area contributed by atoms with Gasteiger partial charge in [-0.2, -0.15) is 0 Å². The van der Waals surface area contributed by atoms with E-state index in [1.807, 2.05) is 0 Å². The second kappa shape index (κ2) is 22.4. The molecule has 0 fully saturated rings. The normalized spacial score (nSPS) is 12.1. The summed E-state index contributed by atoms with van der Waals surface area (Å²) in [5.74, 6) is 0. The number of benzene rings is 16. The zero-order chi connectivity index (χ0) is 68.4. The molecule has 6 aromatic heterocycles. The van der Waals surface area contributed by atoms with E-state index in [2.05, 4.69) is 393 Å². The Morgan fingerprint density at radius 2 is 0.462 bits per heavy atom. The Labute approximate surface area is 598 Å². The number of fused-ring (bicyclic) bond motifs is 18. The van der Waals surface area contributed by atoms with E-state index < -0.39 is 0 Å². The number of nitrogens with zero attached hydrogens (tertiary/aromatic N) is 6. The van der Waals surface area contributed by atoms with Crippen molar-refractivity contribution in [3.05, 3.63) is 352 Å². The molecule has 22 rings (SSSR count). The highest BCUT2D eigenvalue weighted by molar-refractivity contribution is 6.20. The first-order valence-electron chi connectivity index (χ1n) is 35.9. The molecular formula is C98H64N6. The van der Waals surface area contributed by atoms with Crippen LogP contribution >= 0.6 is 0 Å². The molecule has 0 atom stereocenters. The SMILES string of the molecule is Cn1c2ccccc2c2ccc(-c3ccc4c(c3)c3cc(-c5ccc6c7ccccc7n(-c7cccc(-c8ccc(-n9c%10ccc(-c%11ccc%12c%13ccccc%13n(C)c%12c%11)cc%10c%10c(-c%11ccc%12c%13ccccc%13n(-c%13ccccc%13)c%12c%11)cccc%109)cc8)c7)c6c5)ccc3n4-c3ccccc3)cc21. The van der Waals surface area contributed by atoms with Crippen LogP contribution in [0, 0.1) is 0 Å². The number of aromatic nitrogens is 6. The predicted octanol–water partition coefficient (Wildman–Crippen LogP) is 25.7. The van der Waals surface area contributed by atoms with Crippen LogP contribution in [0.5, 0.6) is 0 Å². The van der Waals surface area contributed by atoms with Crippen LogP contribution in [0.15, 0.2) is 352 Å². The fraction of sp³-hybridized carbons (Fsp3) is 0.0204. The molecule has 104 heavy (non-hydrogen) atoms. The summed E-state index contributed by atoms with van der Waals surface area (Å²) in [5, 5.41) is 14.9. The van der Waals surface area contributed by atoms with Gasteiger partial charge in [-0.1, -0.05) is 212 Å². The van der Waals surface area contributed by atoms with Gasteiger partial charge in [0, 0.05) is 124 Å². The minimum absolute atomic E-state index is 1.10. The molecule has 0 saturated carbocycles. The lowest BCUT2D eigenvalue weighted by molar-refractivity contribution is 1.01. The number of rotatable bonds is 9. The van der Waals surface area contributed by atoms with Crippen LogP contribution in [0.1, 0.15) is 0 Å². The van der Waals surface area contributed by atoms with Crippen molar-refractivity contribution in [2.24, 2.45) is 14.1 Å². The number of hydrogen-bond donors (Lipinski definition) is 0. The van der Waals surface area contributed by atoms with Crippen LogP contribution in [0.25, 0.3) is 209 Å². The first-order chi connectivity index (χ1) is 51.4. The van der Waals surface area contributed by atoms with Crippen LogP contribution in [0.2, 0.25) is 0 Å². The average Bonchev–Trinajstić information content (AvgIpc) is 1.58. The van der Waals surface area contributed by atoms with Crippen LogP contribution in [0.4, 0.5) is 0 Å². The van der Waals surface area contributed by atoms with Gasteiger partial charge < -0.3 is 27.4 Å². The summed E-state index contributed by atoms with van der Waals surface area (Å²) in [7, 11) is 4.37. The number of para-hydroxylation sites is 6. The molecule has 6 heterocycles. The van der Waals surface area contributed by atoms with Gasteiger partial charge in [0.15, 0.2) is 0 Å². The molecule has 0 N–H and O–H groups in total. The topological polar surface area (TPSA) is 29.6 Å². The summed E-state index contributed by atoms with van der Waals surface area (Å²) < 4.78 is 14.4. The Bertz CT molecular complexity index is 7350. The highest BCUT2D eigenvalue weighted by Gasteiger charge is 2.23. The number of aryl methyl sites for hydroxylation is 2. The van der Waals surface area contributed by atoms with Gasteiger partial charge in [0.2, 0.25) is 0 Å². The predicted molar refractivity (Wildman–Crippen MR) is 439 cm³/mol. The molecule has 0 aliphatic carbocycles. The molecule has 6 heteroatoms. The van der Waals surface area contributed by atoms with Gasteiger partial charge in [-0.15, -0.1) is 0 Å². The maximum Gasteiger partial charge on any atom is 0.0547 e. The third-order valence-electron chi connectivity index (χ3n) is 22.6. The highest BCUT2D eigenvalue weighted by atomic mass is 15.0. The van der Waals surface area contributed by atoms with E-state index in [-0.39, 0.29) is 0 Å². The summed E-state index contributed by atoms with van der Waals surface area (Å²) in [6.45, 7) is 0. The molecular weight excluding hydrogens is 1260 g/mol. The minimum atomic E-state index is 1.10. The number of hydrogen-bond acceptors (Lipinski definition) is 0. The van der Waals surface area contributed by atoms with Crippen molar-refractivity contribution in [3.63, 3.8) is 0 Å². The Balaban J connectivity index is 0.658. The molecule has 22 aromatic rings. The van der Waals surface area contributed by atoms with Crippen molar-refractivity contribution >= 4 is 131 Å². The van der Waals surface area contributed by atoms with Gasteiger partial charge in [-0.25, -0.2) is 0 Å². The Morgan fingerprint density at radius 1 is 0.154 bits per heavy atom. The summed E-state index contributed by atoms with van der Waals surface area (Å²) in [6.07, 6.45) is 0. The second-order valence-corrected chi connectivity index (χ2v) is 28.1. The lowest BCUT2D eigenvalue weighted by atomic mass is 9.96. The van der Waals surface area contributed by atoms with Crippen molar-refractivity contribution in [3.8, 4) is 78.4 Å². The molecule has 0 spiro atoms. The molecule has 0 radical (unpaired) electrons. The van der Waals surface area contributed by atoms with Crippen LogP contribution in [-0.4, -0.2) is 27.4 Å². The van der Waals surface area contributed by atoms with Crippen molar-refractivity contribution in [1.29, 1.82) is 0 Å². The van der Waals surface area contributed by atoms with E-state index in [1.165, 1.54) is 153 Å². The molecule has 6 nitrogen and oxygen atoms in total. The van der Waals surface area contributed by atoms with Gasteiger partial charge in [0.05, 0.1) is 44.1 Å². The largest absolute Gasteiger partial charge is 0.344 e. The average molecular weight is 1330 g/mol. The van der Waals surface area contributed by atoms with Crippen molar-refractivity contribution in [2.75, 3.05) is 0 Å². The Kier molecular flexibility index (Phi) is 12.5. The Hall–Kier alpha value is -13.7. The van der Waals surface area contributed by atoms with E-state index in [0.717, 1.165) is 56.0 Å². The van der Waals surface area contributed by atoms with Crippen LogP contribution in [0.3, 0.4) is 0 Å². The van der Waals surface area contributed by atoms with E-state index >= 15 is 0 Å². The maximum absolute atomic E-state index is 2.48. The van der Waals surface area contributed by atoms with Gasteiger partial charge in [-0.05, 0) is 195 Å². The van der Waals surface area contributed by atoms with Gasteiger partial charge >= 0.3 is 0 Å². The lowest BCUT2D eigenvalue weighted by Gasteiger charge is -2.13. The highest BCUT2D eigenvalue weighted by Crippen LogP contribution is 2.46. The van der Waals surface area contributed by atoms with E-state index in [0.29, 0.717) is 0 Å². The smallest absolute Gasteiger partial charge is 0.0547 e. The van der Waals surface area contributed by atoms with E-state index in [4.69, 9.17) is 0 Å². The summed E-state index contributed by atoms with van der Waals surface area (Å²) in [5.41, 5.74) is 30.6. The monoisotopic (exact) mass is 1320 g/mol. The van der Waals surface area contributed by atoms with Crippen molar-refractivity contribution in [1.82, 2.24) is 27.4 Å². The third-order valence-corrected chi connectivity index (χ3v) is 22.6. The van der Waals surface area contributed by atoms with Gasteiger partial charge in [0.1, 0.15) is 0 Å². The van der Waals surface area contributed by atoms with Gasteiger partial charge in [-0.3, -0.25) is 0 Å². The van der Waals surface area contributed by atoms with E-state index in [1.54, 1.807) is 0 Å². The summed E-state index contributed by atoms with van der Waals surface area (Å²) in [6, 6.07) is 131. The zero-order valence-corrected chi connectivity index (χ0v) is 57.2. The summed E-state index contributed by atoms with van der Waals surface area (Å²) in [4.78, 5) is 0. The first kappa shape index (κ1) is 58.1. The van der Waals surface area contributed by atoms with Gasteiger partial charge in [0.25, 0.3) is 0 Å². The molecule has 0 bridgehead atoms. The van der Waals surface area contributed by atoms with Crippen LogP contribution in [-0.2, 0) is 14.1 Å². The van der Waals surface area contributed by atoms with Crippen molar-refractivity contribution in [2.45, 2.75) is 0 Å². The molecule has 0 aliphatic heterocycles. The fourth-order valence-corrected chi connectivity index (χ4v) is 17.7. The molecule has 0 amide bonds. The fourth-order valence-electron chi connectivity index (χ4n) is 17.7. The first-order valence-corrected chi connectivity index (χ1v) is 35.9. The second-order valence-electron chi connectivity index (χ2n) is 28.1. The summed E-state index contributed by atoms with van der Waals surface area (Å²) >= 11 is 0. The standard InChI is InChI=1S/C98H64N6/c1-99-86-30-13-9-25-75(86)79-46-37-66(57-94(79)99)63-41-50-90-83(54-63)84-55-64(42-51-91(84)101(90)70-20-5-3-6-21-70)68-39-48-81-78-28-12-16-33-89(78)104(96(81)59-68)73-24-17-19-62(53-73)61-35-44-72(45-36-61)102-92-52-43-65(67-38-47-80-76-26-10-14-31-87(76)100(2)95(80)58-67)56-85(92)98-74(29-18-34-93(98)102)69-40-49-82-77-27-11-15-32-88(77)103(97(82)60-69)71-22-7-4-8-23-71/h3-60H,1-2H3. The third kappa shape index (κ3) is 8.63. The Morgan fingerprint density at radius 3 is 0.990 bits per heavy atom. The van der Waals surface area contributed by atoms with Crippen molar-refractivity contribution < 1.29 is 0 Å². The lowest BCUT2D eigenvalue weighted by Crippen LogP contribution is -1.96. The molecule has 0 aliphatic rings. The minimum Gasteiger partial charge on any atom is -0.344 e. The van der Waals surface area contributed by atoms with E-state index in [9.17, 15) is 0 Å². The molecule has 0 saturated heterocycles. The maximum atomic E-state index is 2.48. The van der Waals surface area contributed by atoms with Crippen LogP contribution < -0.4 is 0 Å². The quantitative estimate of drug-likeness (QED) is 0.138. The zero-order valence-electron chi connectivity index (χ0n) is 57.2. The molecule has 486 valence electrons. The molecule has 16 aromatic carbocycles. The molecule has 0 unspecified atom stereocenters.